The van der Waals surface area contributed by atoms with Gasteiger partial charge in [-0.15, -0.1) is 0 Å². The number of hydrogen-bond acceptors (Lipinski definition) is 4. The summed E-state index contributed by atoms with van der Waals surface area (Å²) in [5.41, 5.74) is 5.38. The number of carboxylic acid groups (broad SMARTS) is 1. The van der Waals surface area contributed by atoms with Gasteiger partial charge < -0.3 is 20.2 Å². The first-order valence-electron chi connectivity index (χ1n) is 5.40. The van der Waals surface area contributed by atoms with Gasteiger partial charge in [0.05, 0.1) is 13.0 Å². The first-order chi connectivity index (χ1) is 8.10. The van der Waals surface area contributed by atoms with E-state index in [9.17, 15) is 9.59 Å². The van der Waals surface area contributed by atoms with Crippen LogP contribution in [0.4, 0.5) is 0 Å². The minimum Gasteiger partial charge on any atom is -0.481 e. The maximum Gasteiger partial charge on any atom is 0.303 e. The highest BCUT2D eigenvalue weighted by Gasteiger charge is 2.33. The van der Waals surface area contributed by atoms with Crippen molar-refractivity contribution in [1.82, 2.24) is 4.90 Å². The second kappa shape index (κ2) is 4.58. The van der Waals surface area contributed by atoms with Crippen LogP contribution in [-0.4, -0.2) is 35.0 Å². The Labute approximate surface area is 98.0 Å². The zero-order valence-electron chi connectivity index (χ0n) is 9.26. The lowest BCUT2D eigenvalue weighted by atomic mass is 9.96. The number of likely N-dealkylation sites (tertiary alicyclic amines) is 1. The van der Waals surface area contributed by atoms with Gasteiger partial charge in [-0.1, -0.05) is 0 Å². The fraction of sp³-hybridized carbons (Fsp3) is 0.455. The van der Waals surface area contributed by atoms with Crippen LogP contribution >= 0.6 is 0 Å². The van der Waals surface area contributed by atoms with Gasteiger partial charge in [-0.3, -0.25) is 9.59 Å². The van der Waals surface area contributed by atoms with Gasteiger partial charge in [-0.25, -0.2) is 0 Å². The monoisotopic (exact) mass is 238 g/mol. The van der Waals surface area contributed by atoms with Crippen LogP contribution < -0.4 is 5.73 Å². The van der Waals surface area contributed by atoms with Crippen molar-refractivity contribution in [2.24, 2.45) is 11.7 Å². The normalized spacial score (nSPS) is 15.7. The summed E-state index contributed by atoms with van der Waals surface area (Å²) in [6.45, 7) is 1.21. The van der Waals surface area contributed by atoms with Gasteiger partial charge in [0.25, 0.3) is 5.91 Å². The number of carbonyl (C=O) groups is 2. The first kappa shape index (κ1) is 11.7. The van der Waals surface area contributed by atoms with E-state index in [1.165, 1.54) is 0 Å². The molecule has 0 atom stereocenters. The Morgan fingerprint density at radius 3 is 2.71 bits per heavy atom. The van der Waals surface area contributed by atoms with E-state index in [0.29, 0.717) is 18.8 Å². The SMILES string of the molecule is NCc1ccc(C(=O)N2CC(CC(=O)O)C2)o1. The number of rotatable bonds is 4. The van der Waals surface area contributed by atoms with Crippen LogP contribution in [-0.2, 0) is 11.3 Å². The molecule has 1 aliphatic rings. The van der Waals surface area contributed by atoms with E-state index in [1.54, 1.807) is 17.0 Å². The lowest BCUT2D eigenvalue weighted by Gasteiger charge is -2.37. The van der Waals surface area contributed by atoms with Crippen LogP contribution in [0.2, 0.25) is 0 Å². The molecule has 0 bridgehead atoms. The van der Waals surface area contributed by atoms with Gasteiger partial charge in [0.15, 0.2) is 5.76 Å². The van der Waals surface area contributed by atoms with Crippen LogP contribution in [0.3, 0.4) is 0 Å². The predicted molar refractivity (Wildman–Crippen MR) is 58.2 cm³/mol. The Balaban J connectivity index is 1.88. The largest absolute Gasteiger partial charge is 0.481 e. The highest BCUT2D eigenvalue weighted by atomic mass is 16.4. The smallest absolute Gasteiger partial charge is 0.303 e. The Hall–Kier alpha value is -1.82. The summed E-state index contributed by atoms with van der Waals surface area (Å²) in [6, 6.07) is 3.26. The van der Waals surface area contributed by atoms with Crippen LogP contribution in [0.1, 0.15) is 22.7 Å². The third-order valence-electron chi connectivity index (χ3n) is 2.78. The molecule has 2 heterocycles. The maximum atomic E-state index is 11.8. The Morgan fingerprint density at radius 1 is 1.47 bits per heavy atom. The second-order valence-corrected chi connectivity index (χ2v) is 4.14. The van der Waals surface area contributed by atoms with Gasteiger partial charge in [0.1, 0.15) is 5.76 Å². The standard InChI is InChI=1S/C11H14N2O4/c12-4-8-1-2-9(17-8)11(16)13-5-7(6-13)3-10(14)15/h1-2,7H,3-6,12H2,(H,14,15). The van der Waals surface area contributed by atoms with Crippen LogP contribution in [0, 0.1) is 5.92 Å². The van der Waals surface area contributed by atoms with Crippen molar-refractivity contribution < 1.29 is 19.1 Å². The quantitative estimate of drug-likeness (QED) is 0.785. The summed E-state index contributed by atoms with van der Waals surface area (Å²) in [4.78, 5) is 23.9. The molecule has 6 nitrogen and oxygen atoms in total. The van der Waals surface area contributed by atoms with E-state index in [-0.39, 0.29) is 30.6 Å². The number of nitrogens with zero attached hydrogens (tertiary/aromatic N) is 1. The van der Waals surface area contributed by atoms with Crippen molar-refractivity contribution in [2.75, 3.05) is 13.1 Å². The summed E-state index contributed by atoms with van der Waals surface area (Å²) in [6.07, 6.45) is 0.107. The van der Waals surface area contributed by atoms with Crippen molar-refractivity contribution in [2.45, 2.75) is 13.0 Å². The highest BCUT2D eigenvalue weighted by molar-refractivity contribution is 5.92. The van der Waals surface area contributed by atoms with Crippen LogP contribution in [0.15, 0.2) is 16.5 Å². The minimum atomic E-state index is -0.828. The fourth-order valence-corrected chi connectivity index (χ4v) is 1.87. The van der Waals surface area contributed by atoms with Gasteiger partial charge in [-0.2, -0.15) is 0 Å². The third-order valence-corrected chi connectivity index (χ3v) is 2.78. The van der Waals surface area contributed by atoms with Crippen LogP contribution in [0.5, 0.6) is 0 Å². The summed E-state index contributed by atoms with van der Waals surface area (Å²) in [5, 5.41) is 8.59. The Morgan fingerprint density at radius 2 is 2.18 bits per heavy atom. The molecule has 1 fully saturated rings. The molecule has 3 N–H and O–H groups in total. The molecule has 17 heavy (non-hydrogen) atoms. The molecule has 6 heteroatoms. The van der Waals surface area contributed by atoms with Gasteiger partial charge in [0.2, 0.25) is 0 Å². The lowest BCUT2D eigenvalue weighted by molar-refractivity contribution is -0.139. The van der Waals surface area contributed by atoms with E-state index < -0.39 is 5.97 Å². The molecule has 0 spiro atoms. The lowest BCUT2D eigenvalue weighted by Crippen LogP contribution is -2.50. The third kappa shape index (κ3) is 2.47. The van der Waals surface area contributed by atoms with Crippen molar-refractivity contribution in [3.8, 4) is 0 Å². The summed E-state index contributed by atoms with van der Waals surface area (Å²) < 4.78 is 5.24. The fourth-order valence-electron chi connectivity index (χ4n) is 1.87. The number of furan rings is 1. The number of aliphatic carboxylic acids is 1. The van der Waals surface area contributed by atoms with Gasteiger partial charge in [-0.05, 0) is 12.1 Å². The minimum absolute atomic E-state index is 0.0559. The van der Waals surface area contributed by atoms with Crippen molar-refractivity contribution in [3.05, 3.63) is 23.7 Å². The number of carboxylic acids is 1. The van der Waals surface area contributed by atoms with Crippen molar-refractivity contribution >= 4 is 11.9 Å². The molecule has 92 valence electrons. The maximum absolute atomic E-state index is 11.8. The average molecular weight is 238 g/mol. The number of nitrogens with two attached hydrogens (primary N) is 1. The molecule has 1 aromatic heterocycles. The van der Waals surface area contributed by atoms with E-state index in [4.69, 9.17) is 15.3 Å². The zero-order chi connectivity index (χ0) is 12.4. The Kier molecular flexibility index (Phi) is 3.14. The first-order valence-corrected chi connectivity index (χ1v) is 5.40. The molecule has 1 saturated heterocycles. The molecule has 2 rings (SSSR count). The van der Waals surface area contributed by atoms with Crippen molar-refractivity contribution in [3.63, 3.8) is 0 Å². The summed E-state index contributed by atoms with van der Waals surface area (Å²) >= 11 is 0. The molecule has 0 aromatic carbocycles. The Bertz CT molecular complexity index is 434. The number of hydrogen-bond donors (Lipinski definition) is 2. The molecule has 0 radical (unpaired) electrons. The molecule has 1 aromatic rings. The van der Waals surface area contributed by atoms with E-state index in [0.717, 1.165) is 0 Å². The second-order valence-electron chi connectivity index (χ2n) is 4.14. The number of carbonyl (C=O) groups excluding carboxylic acids is 1. The van der Waals surface area contributed by atoms with E-state index >= 15 is 0 Å². The molecule has 1 aliphatic heterocycles. The average Bonchev–Trinajstić information content (AvgIpc) is 2.70. The molecule has 0 aliphatic carbocycles. The summed E-state index contributed by atoms with van der Waals surface area (Å²) in [5.74, 6) is -0.146. The highest BCUT2D eigenvalue weighted by Crippen LogP contribution is 2.22. The summed E-state index contributed by atoms with van der Waals surface area (Å²) in [7, 11) is 0. The van der Waals surface area contributed by atoms with E-state index in [1.807, 2.05) is 0 Å². The molecular weight excluding hydrogens is 224 g/mol. The molecule has 0 unspecified atom stereocenters. The van der Waals surface area contributed by atoms with Gasteiger partial charge in [0, 0.05) is 19.0 Å². The molecule has 0 saturated carbocycles. The van der Waals surface area contributed by atoms with E-state index in [2.05, 4.69) is 0 Å². The van der Waals surface area contributed by atoms with Gasteiger partial charge >= 0.3 is 5.97 Å². The predicted octanol–water partition coefficient (Wildman–Crippen LogP) is 0.285. The number of amides is 1. The zero-order valence-corrected chi connectivity index (χ0v) is 9.26. The molecule has 1 amide bonds. The van der Waals surface area contributed by atoms with Crippen LogP contribution in [0.25, 0.3) is 0 Å². The topological polar surface area (TPSA) is 96.8 Å². The molecular formula is C11H14N2O4. The van der Waals surface area contributed by atoms with Crippen molar-refractivity contribution in [1.29, 1.82) is 0 Å².